The standard InChI is InChI=1S/C20H31N11O2/c21-11-5-12(22)8-30(7-11)19-25-18(29-28-17(33)15-3-1-2-4-16(15)32)26-20(27-19)31-9-13(23)6-14(24)10-31/h1-4,11-14,32H,5-10,21-24H2,(H,28,33)(H,25,26,27,29)/t11-,12+,13-,14+. The summed E-state index contributed by atoms with van der Waals surface area (Å²) in [6.45, 7) is 2.17. The summed E-state index contributed by atoms with van der Waals surface area (Å²) in [7, 11) is 0. The Bertz CT molecular complexity index is 926. The predicted molar refractivity (Wildman–Crippen MR) is 125 cm³/mol. The van der Waals surface area contributed by atoms with Crippen molar-refractivity contribution in [1.29, 1.82) is 0 Å². The van der Waals surface area contributed by atoms with Crippen molar-refractivity contribution in [1.82, 2.24) is 20.4 Å². The summed E-state index contributed by atoms with van der Waals surface area (Å²) < 4.78 is 0. The van der Waals surface area contributed by atoms with Crippen LogP contribution < -0.4 is 43.6 Å². The van der Waals surface area contributed by atoms with Gasteiger partial charge >= 0.3 is 0 Å². The number of amides is 1. The molecule has 178 valence electrons. The summed E-state index contributed by atoms with van der Waals surface area (Å²) in [6.07, 6.45) is 1.43. The Morgan fingerprint density at radius 3 is 1.82 bits per heavy atom. The van der Waals surface area contributed by atoms with Crippen molar-refractivity contribution in [2.75, 3.05) is 41.4 Å². The molecular weight excluding hydrogens is 426 g/mol. The molecule has 2 saturated heterocycles. The maximum atomic E-state index is 12.5. The molecule has 0 radical (unpaired) electrons. The number of benzene rings is 1. The number of carbonyl (C=O) groups is 1. The number of aromatic hydroxyl groups is 1. The average molecular weight is 458 g/mol. The number of nitrogens with two attached hydrogens (primary N) is 4. The van der Waals surface area contributed by atoms with E-state index in [0.717, 1.165) is 0 Å². The minimum Gasteiger partial charge on any atom is -0.507 e. The number of phenolic OH excluding ortho intramolecular Hbond substituents is 1. The summed E-state index contributed by atoms with van der Waals surface area (Å²) in [5.74, 6) is 0.219. The fraction of sp³-hybridized carbons (Fsp3) is 0.500. The Morgan fingerprint density at radius 1 is 0.848 bits per heavy atom. The van der Waals surface area contributed by atoms with Crippen LogP contribution in [0.15, 0.2) is 24.3 Å². The third kappa shape index (κ3) is 5.57. The highest BCUT2D eigenvalue weighted by molar-refractivity contribution is 5.97. The van der Waals surface area contributed by atoms with Crippen molar-refractivity contribution in [3.63, 3.8) is 0 Å². The SMILES string of the molecule is N[C@@H]1C[C@H](N)CN(c2nc(NNC(=O)c3ccccc3O)nc(N3C[C@H](N)C[C@H](N)C3)n2)C1. The highest BCUT2D eigenvalue weighted by Gasteiger charge is 2.28. The molecule has 4 rings (SSSR count). The monoisotopic (exact) mass is 457 g/mol. The summed E-state index contributed by atoms with van der Waals surface area (Å²) in [4.78, 5) is 29.9. The third-order valence-corrected chi connectivity index (χ3v) is 5.64. The molecule has 13 nitrogen and oxygen atoms in total. The van der Waals surface area contributed by atoms with Crippen LogP contribution in [-0.4, -0.2) is 76.3 Å². The van der Waals surface area contributed by atoms with Crippen molar-refractivity contribution in [3.05, 3.63) is 29.8 Å². The molecule has 11 N–H and O–H groups in total. The van der Waals surface area contributed by atoms with E-state index in [1.165, 1.54) is 12.1 Å². The first-order chi connectivity index (χ1) is 15.8. The molecule has 1 aromatic carbocycles. The number of anilines is 3. The molecule has 13 heteroatoms. The second-order valence-corrected chi connectivity index (χ2v) is 8.68. The lowest BCUT2D eigenvalue weighted by Crippen LogP contribution is -2.54. The Kier molecular flexibility index (Phi) is 6.74. The molecule has 0 aliphatic carbocycles. The average Bonchev–Trinajstić information content (AvgIpc) is 2.76. The molecule has 3 heterocycles. The molecule has 0 spiro atoms. The Morgan fingerprint density at radius 2 is 1.33 bits per heavy atom. The Balaban J connectivity index is 1.59. The number of piperidine rings is 2. The van der Waals surface area contributed by atoms with Gasteiger partial charge in [-0.1, -0.05) is 12.1 Å². The van der Waals surface area contributed by atoms with Crippen LogP contribution in [0.5, 0.6) is 5.75 Å². The number of hydrogen-bond donors (Lipinski definition) is 7. The Hall–Kier alpha value is -3.26. The summed E-state index contributed by atoms with van der Waals surface area (Å²) in [5.41, 5.74) is 30.0. The van der Waals surface area contributed by atoms with Gasteiger partial charge in [-0.3, -0.25) is 15.6 Å². The van der Waals surface area contributed by atoms with Crippen LogP contribution in [0.25, 0.3) is 0 Å². The summed E-state index contributed by atoms with van der Waals surface area (Å²) in [5, 5.41) is 9.92. The van der Waals surface area contributed by atoms with E-state index in [1.807, 2.05) is 9.80 Å². The van der Waals surface area contributed by atoms with Crippen LogP contribution in [0.1, 0.15) is 23.2 Å². The molecule has 0 bridgehead atoms. The van der Waals surface area contributed by atoms with Crippen molar-refractivity contribution in [2.45, 2.75) is 37.0 Å². The van der Waals surface area contributed by atoms with Gasteiger partial charge in [0.15, 0.2) is 0 Å². The van der Waals surface area contributed by atoms with Crippen molar-refractivity contribution in [2.24, 2.45) is 22.9 Å². The van der Waals surface area contributed by atoms with Gasteiger partial charge in [0.05, 0.1) is 5.56 Å². The maximum Gasteiger partial charge on any atom is 0.273 e. The number of carbonyl (C=O) groups excluding carboxylic acids is 1. The van der Waals surface area contributed by atoms with Gasteiger partial charge in [0.1, 0.15) is 5.75 Å². The van der Waals surface area contributed by atoms with Gasteiger partial charge in [-0.25, -0.2) is 0 Å². The number of rotatable bonds is 5. The minimum absolute atomic E-state index is 0.108. The predicted octanol–water partition coefficient (Wildman–Crippen LogP) is -1.94. The fourth-order valence-electron chi connectivity index (χ4n) is 4.22. The van der Waals surface area contributed by atoms with Crippen LogP contribution in [0, 0.1) is 0 Å². The molecular formula is C20H31N11O2. The van der Waals surface area contributed by atoms with Gasteiger partial charge in [-0.15, -0.1) is 0 Å². The lowest BCUT2D eigenvalue weighted by molar-refractivity contribution is 0.0959. The molecule has 1 aromatic heterocycles. The molecule has 0 unspecified atom stereocenters. The minimum atomic E-state index is -0.541. The van der Waals surface area contributed by atoms with Gasteiger partial charge in [0, 0.05) is 50.3 Å². The lowest BCUT2D eigenvalue weighted by Gasteiger charge is -2.36. The van der Waals surface area contributed by atoms with E-state index in [9.17, 15) is 9.90 Å². The highest BCUT2D eigenvalue weighted by atomic mass is 16.3. The zero-order chi connectivity index (χ0) is 23.5. The number of hydrogen-bond acceptors (Lipinski definition) is 12. The van der Waals surface area contributed by atoms with Gasteiger partial charge in [-0.05, 0) is 25.0 Å². The quantitative estimate of drug-likeness (QED) is 0.245. The van der Waals surface area contributed by atoms with Crippen LogP contribution in [0.2, 0.25) is 0 Å². The molecule has 1 amide bonds. The van der Waals surface area contributed by atoms with Gasteiger partial charge in [0.25, 0.3) is 5.91 Å². The van der Waals surface area contributed by atoms with E-state index in [0.29, 0.717) is 50.9 Å². The third-order valence-electron chi connectivity index (χ3n) is 5.64. The molecule has 2 aromatic rings. The zero-order valence-electron chi connectivity index (χ0n) is 18.3. The van der Waals surface area contributed by atoms with E-state index < -0.39 is 5.91 Å². The summed E-state index contributed by atoms with van der Waals surface area (Å²) >= 11 is 0. The van der Waals surface area contributed by atoms with Crippen LogP contribution in [0.4, 0.5) is 17.8 Å². The van der Waals surface area contributed by atoms with Crippen LogP contribution in [0.3, 0.4) is 0 Å². The molecule has 0 saturated carbocycles. The van der Waals surface area contributed by atoms with Gasteiger partial charge < -0.3 is 37.8 Å². The number of phenols is 1. The second kappa shape index (κ2) is 9.70. The van der Waals surface area contributed by atoms with E-state index in [2.05, 4.69) is 25.8 Å². The molecule has 33 heavy (non-hydrogen) atoms. The first-order valence-electron chi connectivity index (χ1n) is 10.9. The fourth-order valence-corrected chi connectivity index (χ4v) is 4.22. The van der Waals surface area contributed by atoms with Crippen molar-refractivity contribution < 1.29 is 9.90 Å². The smallest absolute Gasteiger partial charge is 0.273 e. The molecule has 2 aliphatic heterocycles. The van der Waals surface area contributed by atoms with Crippen molar-refractivity contribution in [3.8, 4) is 5.75 Å². The van der Waals surface area contributed by atoms with Gasteiger partial charge in [-0.2, -0.15) is 15.0 Å². The first-order valence-corrected chi connectivity index (χ1v) is 10.9. The van der Waals surface area contributed by atoms with E-state index in [4.69, 9.17) is 22.9 Å². The van der Waals surface area contributed by atoms with Crippen molar-refractivity contribution >= 4 is 23.8 Å². The normalized spacial score (nSPS) is 25.6. The second-order valence-electron chi connectivity index (χ2n) is 8.68. The number of hydrazine groups is 1. The van der Waals surface area contributed by atoms with E-state index in [1.54, 1.807) is 12.1 Å². The zero-order valence-corrected chi connectivity index (χ0v) is 18.3. The largest absolute Gasteiger partial charge is 0.507 e. The molecule has 2 aliphatic rings. The van der Waals surface area contributed by atoms with Crippen LogP contribution >= 0.6 is 0 Å². The molecule has 4 atom stereocenters. The lowest BCUT2D eigenvalue weighted by atomic mass is 10.0. The number of nitrogens with zero attached hydrogens (tertiary/aromatic N) is 5. The summed E-state index contributed by atoms with van der Waals surface area (Å²) in [6, 6.07) is 5.78. The number of nitrogens with one attached hydrogen (secondary N) is 2. The number of aromatic nitrogens is 3. The van der Waals surface area contributed by atoms with E-state index in [-0.39, 0.29) is 41.4 Å². The first kappa shape index (κ1) is 22.9. The van der Waals surface area contributed by atoms with Crippen LogP contribution in [-0.2, 0) is 0 Å². The Labute approximate surface area is 191 Å². The maximum absolute atomic E-state index is 12.5. The highest BCUT2D eigenvalue weighted by Crippen LogP contribution is 2.22. The van der Waals surface area contributed by atoms with E-state index >= 15 is 0 Å². The molecule has 2 fully saturated rings. The number of para-hydroxylation sites is 1. The topological polar surface area (TPSA) is 211 Å². The van der Waals surface area contributed by atoms with Gasteiger partial charge in [0.2, 0.25) is 17.8 Å².